The van der Waals surface area contributed by atoms with Crippen molar-refractivity contribution in [3.63, 3.8) is 0 Å². The lowest BCUT2D eigenvalue weighted by molar-refractivity contribution is 0.0594. The van der Waals surface area contributed by atoms with Gasteiger partial charge in [-0.05, 0) is 11.6 Å². The number of esters is 1. The van der Waals surface area contributed by atoms with Crippen LogP contribution in [0, 0.1) is 0 Å². The molecule has 0 fully saturated rings. The van der Waals surface area contributed by atoms with E-state index in [4.69, 9.17) is 11.6 Å². The largest absolute Gasteiger partial charge is 0.464 e. The van der Waals surface area contributed by atoms with Crippen LogP contribution < -0.4 is 5.32 Å². The molecule has 0 saturated carbocycles. The van der Waals surface area contributed by atoms with Crippen molar-refractivity contribution in [3.8, 4) is 0 Å². The van der Waals surface area contributed by atoms with Crippen LogP contribution in [0.5, 0.6) is 0 Å². The van der Waals surface area contributed by atoms with Gasteiger partial charge in [-0.25, -0.2) is 23.2 Å². The average Bonchev–Trinajstić information content (AvgIpc) is 2.25. The molecule has 0 aliphatic heterocycles. The molecule has 0 amide bonds. The van der Waals surface area contributed by atoms with Crippen molar-refractivity contribution in [1.29, 1.82) is 0 Å². The smallest absolute Gasteiger partial charge is 0.356 e. The van der Waals surface area contributed by atoms with Gasteiger partial charge in [0.25, 0.3) is 0 Å². The number of carbonyl (C=O) groups is 1. The van der Waals surface area contributed by atoms with Crippen LogP contribution in [-0.4, -0.2) is 50.0 Å². The molecule has 1 aromatic rings. The highest BCUT2D eigenvalue weighted by Crippen LogP contribution is 2.11. The molecule has 18 heavy (non-hydrogen) atoms. The summed E-state index contributed by atoms with van der Waals surface area (Å²) in [4.78, 5) is 18.7. The highest BCUT2D eigenvalue weighted by Gasteiger charge is 2.11. The number of nitrogens with zero attached hydrogens (tertiary/aromatic N) is 2. The van der Waals surface area contributed by atoms with E-state index in [1.54, 1.807) is 0 Å². The number of hydrogen-bond acceptors (Lipinski definition) is 7. The van der Waals surface area contributed by atoms with E-state index in [2.05, 4.69) is 20.0 Å². The third kappa shape index (κ3) is 4.84. The topological polar surface area (TPSA) is 98.2 Å². The van der Waals surface area contributed by atoms with Crippen LogP contribution in [0.25, 0.3) is 0 Å². The van der Waals surface area contributed by atoms with Crippen molar-refractivity contribution in [2.75, 3.05) is 31.0 Å². The molecule has 0 aliphatic rings. The van der Waals surface area contributed by atoms with Crippen LogP contribution in [0.1, 0.15) is 10.5 Å². The summed E-state index contributed by atoms with van der Waals surface area (Å²) in [5, 5.41) is 2.61. The number of nitrogens with one attached hydrogen (secondary N) is 1. The van der Waals surface area contributed by atoms with Gasteiger partial charge in [-0.1, -0.05) is 0 Å². The van der Waals surface area contributed by atoms with Gasteiger partial charge in [0.1, 0.15) is 15.7 Å². The summed E-state index contributed by atoms with van der Waals surface area (Å²) in [5.74, 6) is -0.438. The molecule has 100 valence electrons. The van der Waals surface area contributed by atoms with Gasteiger partial charge in [-0.3, -0.25) is 0 Å². The highest BCUT2D eigenvalue weighted by atomic mass is 35.5. The Morgan fingerprint density at radius 1 is 1.50 bits per heavy atom. The van der Waals surface area contributed by atoms with Crippen LogP contribution in [-0.2, 0) is 14.6 Å². The number of anilines is 1. The molecular formula is C9H12ClN3O4S. The lowest BCUT2D eigenvalue weighted by Gasteiger charge is -2.06. The van der Waals surface area contributed by atoms with Crippen molar-refractivity contribution >= 4 is 33.2 Å². The molecule has 0 aromatic carbocycles. The molecule has 1 aromatic heterocycles. The van der Waals surface area contributed by atoms with Gasteiger partial charge in [-0.2, -0.15) is 0 Å². The molecule has 1 N–H and O–H groups in total. The van der Waals surface area contributed by atoms with Crippen molar-refractivity contribution < 1.29 is 17.9 Å². The predicted octanol–water partition coefficient (Wildman–Crippen LogP) is 0.373. The molecule has 1 rings (SSSR count). The minimum atomic E-state index is -3.07. The van der Waals surface area contributed by atoms with E-state index < -0.39 is 15.8 Å². The normalized spacial score (nSPS) is 11.1. The number of carbonyl (C=O) groups excluding carboxylic acids is 1. The Bertz CT molecular complexity index is 547. The first-order valence-corrected chi connectivity index (χ1v) is 7.30. The van der Waals surface area contributed by atoms with Crippen LogP contribution in [0.2, 0.25) is 5.28 Å². The van der Waals surface area contributed by atoms with Crippen LogP contribution in [0.4, 0.5) is 5.82 Å². The van der Waals surface area contributed by atoms with E-state index >= 15 is 0 Å². The third-order valence-corrected chi connectivity index (χ3v) is 2.99. The maximum Gasteiger partial charge on any atom is 0.356 e. The van der Waals surface area contributed by atoms with Crippen molar-refractivity contribution in [2.45, 2.75) is 0 Å². The second kappa shape index (κ2) is 5.96. The van der Waals surface area contributed by atoms with Crippen LogP contribution >= 0.6 is 11.6 Å². The van der Waals surface area contributed by atoms with E-state index in [0.717, 1.165) is 6.26 Å². The number of hydrogen-bond donors (Lipinski definition) is 1. The molecule has 1 heterocycles. The number of halogens is 1. The fourth-order valence-electron chi connectivity index (χ4n) is 1.08. The summed E-state index contributed by atoms with van der Waals surface area (Å²) in [7, 11) is -1.85. The zero-order valence-electron chi connectivity index (χ0n) is 9.81. The molecule has 7 nitrogen and oxygen atoms in total. The van der Waals surface area contributed by atoms with Gasteiger partial charge >= 0.3 is 5.97 Å². The first-order valence-electron chi connectivity index (χ1n) is 4.86. The standard InChI is InChI=1S/C9H12ClN3O4S/c1-17-8(14)6-5-7(13-9(10)12-6)11-3-4-18(2,15)16/h5H,3-4H2,1-2H3,(H,11,12,13). The van der Waals surface area contributed by atoms with E-state index in [9.17, 15) is 13.2 Å². The first kappa shape index (κ1) is 14.7. The number of methoxy groups -OCH3 is 1. The molecule has 0 aliphatic carbocycles. The molecule has 0 atom stereocenters. The Labute approximate surface area is 109 Å². The summed E-state index contributed by atoms with van der Waals surface area (Å²) in [6, 6.07) is 1.33. The maximum atomic E-state index is 11.3. The number of ether oxygens (including phenoxy) is 1. The summed E-state index contributed by atoms with van der Waals surface area (Å²) in [6.07, 6.45) is 1.13. The molecule has 0 bridgehead atoms. The number of sulfone groups is 1. The molecule has 0 spiro atoms. The predicted molar refractivity (Wildman–Crippen MR) is 66.6 cm³/mol. The Morgan fingerprint density at radius 2 is 2.17 bits per heavy atom. The summed E-state index contributed by atoms with van der Waals surface area (Å²) in [6.45, 7) is 0.160. The number of rotatable bonds is 5. The Balaban J connectivity index is 2.77. The second-order valence-electron chi connectivity index (χ2n) is 3.46. The van der Waals surface area contributed by atoms with Gasteiger partial charge in [0.2, 0.25) is 5.28 Å². The lowest BCUT2D eigenvalue weighted by Crippen LogP contribution is -2.15. The van der Waals surface area contributed by atoms with Crippen molar-refractivity contribution in [2.24, 2.45) is 0 Å². The summed E-state index contributed by atoms with van der Waals surface area (Å²) >= 11 is 5.63. The lowest BCUT2D eigenvalue weighted by atomic mass is 10.4. The SMILES string of the molecule is COC(=O)c1cc(NCCS(C)(=O)=O)nc(Cl)n1. The minimum absolute atomic E-state index is 0.000597. The molecule has 0 unspecified atom stereocenters. The van der Waals surface area contributed by atoms with Gasteiger partial charge < -0.3 is 10.1 Å². The molecular weight excluding hydrogens is 282 g/mol. The van der Waals surface area contributed by atoms with E-state index in [0.29, 0.717) is 0 Å². The van der Waals surface area contributed by atoms with Gasteiger partial charge in [0.05, 0.1) is 12.9 Å². The molecule has 9 heteroatoms. The average molecular weight is 294 g/mol. The highest BCUT2D eigenvalue weighted by molar-refractivity contribution is 7.90. The van der Waals surface area contributed by atoms with Gasteiger partial charge in [-0.15, -0.1) is 0 Å². The fourth-order valence-corrected chi connectivity index (χ4v) is 1.74. The Kier molecular flexibility index (Phi) is 4.85. The van der Waals surface area contributed by atoms with Crippen molar-refractivity contribution in [3.05, 3.63) is 17.0 Å². The van der Waals surface area contributed by atoms with Crippen LogP contribution in [0.3, 0.4) is 0 Å². The quantitative estimate of drug-likeness (QED) is 0.618. The Morgan fingerprint density at radius 3 is 2.72 bits per heavy atom. The van der Waals surface area contributed by atoms with E-state index in [1.807, 2.05) is 0 Å². The van der Waals surface area contributed by atoms with Crippen molar-refractivity contribution in [1.82, 2.24) is 9.97 Å². The minimum Gasteiger partial charge on any atom is -0.464 e. The summed E-state index contributed by atoms with van der Waals surface area (Å²) in [5.41, 5.74) is -0.000597. The zero-order chi connectivity index (χ0) is 13.8. The second-order valence-corrected chi connectivity index (χ2v) is 6.05. The maximum absolute atomic E-state index is 11.3. The van der Waals surface area contributed by atoms with E-state index in [-0.39, 0.29) is 29.1 Å². The van der Waals surface area contributed by atoms with Gasteiger partial charge in [0.15, 0.2) is 5.69 Å². The first-order chi connectivity index (χ1) is 8.31. The van der Waals surface area contributed by atoms with E-state index in [1.165, 1.54) is 13.2 Å². The monoisotopic (exact) mass is 293 g/mol. The van der Waals surface area contributed by atoms with Gasteiger partial charge in [0, 0.05) is 18.9 Å². The summed E-state index contributed by atoms with van der Waals surface area (Å²) < 4.78 is 26.4. The number of aromatic nitrogens is 2. The third-order valence-electron chi connectivity index (χ3n) is 1.87. The zero-order valence-corrected chi connectivity index (χ0v) is 11.4. The fraction of sp³-hybridized carbons (Fsp3) is 0.444. The Hall–Kier alpha value is -1.41. The molecule has 0 radical (unpaired) electrons. The molecule has 0 saturated heterocycles. The van der Waals surface area contributed by atoms with Crippen LogP contribution in [0.15, 0.2) is 6.07 Å².